The summed E-state index contributed by atoms with van der Waals surface area (Å²) >= 11 is 0. The van der Waals surface area contributed by atoms with E-state index in [0.29, 0.717) is 12.0 Å². The van der Waals surface area contributed by atoms with Crippen LogP contribution in [0.3, 0.4) is 0 Å². The first-order valence-electron chi connectivity index (χ1n) is 7.16. The quantitative estimate of drug-likeness (QED) is 0.796. The number of hydrogen-bond donors (Lipinski definition) is 0. The van der Waals surface area contributed by atoms with Gasteiger partial charge in [-0.3, -0.25) is 4.79 Å². The molecular weight excluding hydrogens is 260 g/mol. The van der Waals surface area contributed by atoms with Gasteiger partial charge in [0.2, 0.25) is 0 Å². The summed E-state index contributed by atoms with van der Waals surface area (Å²) in [6.45, 7) is 6.28. The molecule has 1 aromatic carbocycles. The molecule has 0 unspecified atom stereocenters. The standard InChI is InChI=1S/C18H18N2O/c1-12-4-5-13(11-19)8-15(12)20-7-6-14-16(20)9-18(2,3)10-17(14)21/h4-8H,9-10H2,1-3H3. The molecule has 2 aromatic rings. The van der Waals surface area contributed by atoms with Gasteiger partial charge in [-0.05, 0) is 42.5 Å². The van der Waals surface area contributed by atoms with E-state index in [4.69, 9.17) is 5.26 Å². The lowest BCUT2D eigenvalue weighted by atomic mass is 9.76. The fraction of sp³-hybridized carbons (Fsp3) is 0.333. The molecule has 1 aliphatic carbocycles. The van der Waals surface area contributed by atoms with Crippen molar-refractivity contribution in [1.29, 1.82) is 5.26 Å². The topological polar surface area (TPSA) is 45.8 Å². The number of aryl methyl sites for hydroxylation is 1. The number of nitriles is 1. The summed E-state index contributed by atoms with van der Waals surface area (Å²) in [6.07, 6.45) is 3.42. The van der Waals surface area contributed by atoms with E-state index in [1.165, 1.54) is 0 Å². The molecule has 1 heterocycles. The van der Waals surface area contributed by atoms with Gasteiger partial charge in [-0.25, -0.2) is 0 Å². The first kappa shape index (κ1) is 13.6. The zero-order valence-electron chi connectivity index (χ0n) is 12.6. The zero-order chi connectivity index (χ0) is 15.2. The summed E-state index contributed by atoms with van der Waals surface area (Å²) in [6, 6.07) is 9.76. The van der Waals surface area contributed by atoms with Crippen LogP contribution in [-0.4, -0.2) is 10.4 Å². The molecule has 1 aliphatic rings. The van der Waals surface area contributed by atoms with Gasteiger partial charge < -0.3 is 4.57 Å². The predicted octanol–water partition coefficient (Wildman–Crippen LogP) is 3.81. The van der Waals surface area contributed by atoms with E-state index in [1.54, 1.807) is 0 Å². The molecule has 1 aromatic heterocycles. The molecule has 0 N–H and O–H groups in total. The van der Waals surface area contributed by atoms with Gasteiger partial charge in [-0.15, -0.1) is 0 Å². The molecule has 0 saturated carbocycles. The van der Waals surface area contributed by atoms with Crippen molar-refractivity contribution in [2.24, 2.45) is 5.41 Å². The van der Waals surface area contributed by atoms with Gasteiger partial charge in [0.05, 0.1) is 11.6 Å². The smallest absolute Gasteiger partial charge is 0.165 e. The van der Waals surface area contributed by atoms with E-state index in [-0.39, 0.29) is 11.2 Å². The molecule has 3 heteroatoms. The van der Waals surface area contributed by atoms with E-state index in [0.717, 1.165) is 28.9 Å². The summed E-state index contributed by atoms with van der Waals surface area (Å²) in [7, 11) is 0. The van der Waals surface area contributed by atoms with Crippen LogP contribution in [0.2, 0.25) is 0 Å². The molecule has 0 saturated heterocycles. The third-order valence-electron chi connectivity index (χ3n) is 4.18. The van der Waals surface area contributed by atoms with Crippen molar-refractivity contribution in [3.63, 3.8) is 0 Å². The Hall–Kier alpha value is -2.34. The second-order valence-electron chi connectivity index (χ2n) is 6.60. The Labute approximate surface area is 124 Å². The molecule has 0 amide bonds. The molecule has 106 valence electrons. The van der Waals surface area contributed by atoms with Crippen LogP contribution in [0.5, 0.6) is 0 Å². The Bertz CT molecular complexity index is 775. The normalized spacial score (nSPS) is 16.4. The SMILES string of the molecule is Cc1ccc(C#N)cc1-n1ccc2c1CC(C)(C)CC2=O. The Morgan fingerprint density at radius 2 is 2.00 bits per heavy atom. The summed E-state index contributed by atoms with van der Waals surface area (Å²) in [5.74, 6) is 0.217. The summed E-state index contributed by atoms with van der Waals surface area (Å²) < 4.78 is 2.07. The fourth-order valence-electron chi connectivity index (χ4n) is 3.11. The van der Waals surface area contributed by atoms with Crippen LogP contribution in [-0.2, 0) is 6.42 Å². The van der Waals surface area contributed by atoms with Gasteiger partial charge in [-0.2, -0.15) is 5.26 Å². The molecule has 3 rings (SSSR count). The maximum absolute atomic E-state index is 12.3. The number of carbonyl (C=O) groups is 1. The minimum absolute atomic E-state index is 0.0130. The van der Waals surface area contributed by atoms with Gasteiger partial charge in [-0.1, -0.05) is 19.9 Å². The number of rotatable bonds is 1. The van der Waals surface area contributed by atoms with E-state index in [9.17, 15) is 4.79 Å². The number of nitrogens with zero attached hydrogens (tertiary/aromatic N) is 2. The second-order valence-corrected chi connectivity index (χ2v) is 6.60. The van der Waals surface area contributed by atoms with E-state index in [2.05, 4.69) is 24.5 Å². The number of Topliss-reactive ketones (excluding diaryl/α,β-unsaturated/α-hetero) is 1. The molecule has 0 aliphatic heterocycles. The molecule has 3 nitrogen and oxygen atoms in total. The highest BCUT2D eigenvalue weighted by molar-refractivity contribution is 5.99. The lowest BCUT2D eigenvalue weighted by Crippen LogP contribution is -2.27. The van der Waals surface area contributed by atoms with Crippen molar-refractivity contribution in [2.45, 2.75) is 33.6 Å². The third-order valence-corrected chi connectivity index (χ3v) is 4.18. The van der Waals surface area contributed by atoms with Crippen molar-refractivity contribution in [3.8, 4) is 11.8 Å². The lowest BCUT2D eigenvalue weighted by Gasteiger charge is -2.30. The lowest BCUT2D eigenvalue weighted by molar-refractivity contribution is 0.0911. The molecule has 0 spiro atoms. The third kappa shape index (κ3) is 2.27. The maximum atomic E-state index is 12.3. The van der Waals surface area contributed by atoms with Crippen LogP contribution < -0.4 is 0 Å². The summed E-state index contributed by atoms with van der Waals surface area (Å²) in [5.41, 5.74) is 4.61. The van der Waals surface area contributed by atoms with Crippen LogP contribution in [0.25, 0.3) is 5.69 Å². The molecule has 0 radical (unpaired) electrons. The van der Waals surface area contributed by atoms with Crippen LogP contribution in [0.1, 0.15) is 47.4 Å². The average Bonchev–Trinajstić information content (AvgIpc) is 2.81. The number of fused-ring (bicyclic) bond motifs is 1. The Morgan fingerprint density at radius 1 is 1.24 bits per heavy atom. The molecule has 21 heavy (non-hydrogen) atoms. The number of aromatic nitrogens is 1. The van der Waals surface area contributed by atoms with Crippen LogP contribution >= 0.6 is 0 Å². The van der Waals surface area contributed by atoms with Crippen molar-refractivity contribution in [3.05, 3.63) is 52.8 Å². The minimum atomic E-state index is -0.0130. The zero-order valence-corrected chi connectivity index (χ0v) is 12.6. The van der Waals surface area contributed by atoms with Gasteiger partial charge >= 0.3 is 0 Å². The predicted molar refractivity (Wildman–Crippen MR) is 81.7 cm³/mol. The number of ketones is 1. The number of benzene rings is 1. The van der Waals surface area contributed by atoms with Gasteiger partial charge in [0.25, 0.3) is 0 Å². The Kier molecular flexibility index (Phi) is 2.98. The highest BCUT2D eigenvalue weighted by Gasteiger charge is 2.33. The van der Waals surface area contributed by atoms with Crippen molar-refractivity contribution in [1.82, 2.24) is 4.57 Å². The van der Waals surface area contributed by atoms with E-state index >= 15 is 0 Å². The van der Waals surface area contributed by atoms with Crippen molar-refractivity contribution < 1.29 is 4.79 Å². The van der Waals surface area contributed by atoms with E-state index in [1.807, 2.05) is 37.4 Å². The molecular formula is C18H18N2O. The van der Waals surface area contributed by atoms with Crippen LogP contribution in [0.4, 0.5) is 0 Å². The fourth-order valence-corrected chi connectivity index (χ4v) is 3.11. The number of hydrogen-bond acceptors (Lipinski definition) is 2. The highest BCUT2D eigenvalue weighted by Crippen LogP contribution is 2.36. The second kappa shape index (κ2) is 4.60. The highest BCUT2D eigenvalue weighted by atomic mass is 16.1. The van der Waals surface area contributed by atoms with Crippen LogP contribution in [0, 0.1) is 23.7 Å². The molecule has 0 atom stereocenters. The van der Waals surface area contributed by atoms with Gasteiger partial charge in [0.1, 0.15) is 0 Å². The summed E-state index contributed by atoms with van der Waals surface area (Å²) in [4.78, 5) is 12.3. The molecule has 0 bridgehead atoms. The monoisotopic (exact) mass is 278 g/mol. The molecule has 0 fully saturated rings. The Morgan fingerprint density at radius 3 is 2.71 bits per heavy atom. The largest absolute Gasteiger partial charge is 0.320 e. The van der Waals surface area contributed by atoms with Gasteiger partial charge in [0, 0.05) is 29.6 Å². The number of carbonyl (C=O) groups excluding carboxylic acids is 1. The van der Waals surface area contributed by atoms with Gasteiger partial charge in [0.15, 0.2) is 5.78 Å². The summed E-state index contributed by atoms with van der Waals surface area (Å²) in [5, 5.41) is 9.10. The van der Waals surface area contributed by atoms with Crippen molar-refractivity contribution in [2.75, 3.05) is 0 Å². The maximum Gasteiger partial charge on any atom is 0.165 e. The first-order chi connectivity index (χ1) is 9.91. The van der Waals surface area contributed by atoms with Crippen LogP contribution in [0.15, 0.2) is 30.5 Å². The van der Waals surface area contributed by atoms with E-state index < -0.39 is 0 Å². The first-order valence-corrected chi connectivity index (χ1v) is 7.16. The average molecular weight is 278 g/mol. The van der Waals surface area contributed by atoms with Crippen molar-refractivity contribution >= 4 is 5.78 Å². The Balaban J connectivity index is 2.19. The minimum Gasteiger partial charge on any atom is -0.320 e.